The smallest absolute Gasteiger partial charge is 0.261 e. The lowest BCUT2D eigenvalue weighted by Crippen LogP contribution is -2.44. The van der Waals surface area contributed by atoms with Gasteiger partial charge in [-0.2, -0.15) is 11.8 Å². The van der Waals surface area contributed by atoms with Crippen LogP contribution in [0.25, 0.3) is 0 Å². The summed E-state index contributed by atoms with van der Waals surface area (Å²) in [6.45, 7) is 4.42. The molecule has 0 radical (unpaired) electrons. The van der Waals surface area contributed by atoms with Crippen molar-refractivity contribution in [3.05, 3.63) is 35.4 Å². The molecule has 154 valence electrons. The van der Waals surface area contributed by atoms with E-state index in [0.717, 1.165) is 31.9 Å². The zero-order valence-electron chi connectivity index (χ0n) is 16.5. The van der Waals surface area contributed by atoms with Gasteiger partial charge in [-0.3, -0.25) is 19.5 Å². The van der Waals surface area contributed by atoms with Gasteiger partial charge in [-0.15, -0.1) is 24.0 Å². The minimum absolute atomic E-state index is 0. The van der Waals surface area contributed by atoms with Crippen molar-refractivity contribution >= 4 is 53.5 Å². The van der Waals surface area contributed by atoms with Crippen LogP contribution < -0.4 is 10.6 Å². The van der Waals surface area contributed by atoms with Gasteiger partial charge in [-0.25, -0.2) is 0 Å². The van der Waals surface area contributed by atoms with Gasteiger partial charge >= 0.3 is 0 Å². The average molecular weight is 516 g/mol. The van der Waals surface area contributed by atoms with Gasteiger partial charge in [0.05, 0.1) is 11.1 Å². The van der Waals surface area contributed by atoms with Crippen molar-refractivity contribution in [2.75, 3.05) is 32.4 Å². The highest BCUT2D eigenvalue weighted by molar-refractivity contribution is 14.0. The highest BCUT2D eigenvalue weighted by Crippen LogP contribution is 2.36. The molecule has 0 bridgehead atoms. The van der Waals surface area contributed by atoms with Crippen LogP contribution in [0.2, 0.25) is 0 Å². The number of amides is 2. The van der Waals surface area contributed by atoms with E-state index in [-0.39, 0.29) is 35.8 Å². The van der Waals surface area contributed by atoms with Crippen molar-refractivity contribution in [1.82, 2.24) is 15.5 Å². The summed E-state index contributed by atoms with van der Waals surface area (Å²) >= 11 is 2.02. The second kappa shape index (κ2) is 10.5. The molecule has 1 atom stereocenters. The number of imide groups is 1. The maximum atomic E-state index is 12.3. The van der Waals surface area contributed by atoms with Crippen LogP contribution in [0.15, 0.2) is 29.3 Å². The molecule has 2 aliphatic heterocycles. The van der Waals surface area contributed by atoms with E-state index in [1.165, 1.54) is 23.5 Å². The maximum absolute atomic E-state index is 12.3. The number of hydrogen-bond acceptors (Lipinski definition) is 4. The van der Waals surface area contributed by atoms with Crippen LogP contribution in [0.4, 0.5) is 0 Å². The van der Waals surface area contributed by atoms with Crippen LogP contribution in [0.3, 0.4) is 0 Å². The predicted molar refractivity (Wildman–Crippen MR) is 126 cm³/mol. The van der Waals surface area contributed by atoms with E-state index in [4.69, 9.17) is 0 Å². The van der Waals surface area contributed by atoms with Crippen molar-refractivity contribution < 1.29 is 9.59 Å². The van der Waals surface area contributed by atoms with Crippen LogP contribution in [0, 0.1) is 0 Å². The van der Waals surface area contributed by atoms with E-state index in [0.29, 0.717) is 22.4 Å². The first-order chi connectivity index (χ1) is 13.0. The lowest BCUT2D eigenvalue weighted by molar-refractivity contribution is 0.0652. The summed E-state index contributed by atoms with van der Waals surface area (Å²) in [5, 5.41) is 6.73. The number of carbonyl (C=O) groups is 2. The Morgan fingerprint density at radius 2 is 1.86 bits per heavy atom. The number of carbonyl (C=O) groups excluding carboxylic acids is 2. The zero-order chi connectivity index (χ0) is 19.3. The molecule has 0 aliphatic carbocycles. The molecular weight excluding hydrogens is 487 g/mol. The second-order valence-corrected chi connectivity index (χ2v) is 8.95. The molecule has 2 heterocycles. The molecule has 2 N–H and O–H groups in total. The van der Waals surface area contributed by atoms with Gasteiger partial charge in [0.1, 0.15) is 0 Å². The number of halogens is 1. The zero-order valence-corrected chi connectivity index (χ0v) is 19.6. The van der Waals surface area contributed by atoms with Gasteiger partial charge in [0.25, 0.3) is 11.8 Å². The highest BCUT2D eigenvalue weighted by atomic mass is 127. The Kier molecular flexibility index (Phi) is 8.60. The topological polar surface area (TPSA) is 73.8 Å². The Morgan fingerprint density at radius 1 is 1.18 bits per heavy atom. The van der Waals surface area contributed by atoms with Gasteiger partial charge in [0.2, 0.25) is 0 Å². The van der Waals surface area contributed by atoms with Gasteiger partial charge in [-0.05, 0) is 50.5 Å². The lowest BCUT2D eigenvalue weighted by Gasteiger charge is -2.24. The largest absolute Gasteiger partial charge is 0.356 e. The molecule has 1 aromatic rings. The number of guanidine groups is 1. The van der Waals surface area contributed by atoms with Gasteiger partial charge < -0.3 is 10.6 Å². The number of fused-ring (bicyclic) bond motifs is 1. The Hall–Kier alpha value is -1.29. The second-order valence-electron chi connectivity index (χ2n) is 7.27. The number of nitrogens with zero attached hydrogens (tertiary/aromatic N) is 2. The first-order valence-corrected chi connectivity index (χ1v) is 10.6. The third-order valence-corrected chi connectivity index (χ3v) is 6.67. The Bertz CT molecular complexity index is 700. The van der Waals surface area contributed by atoms with Gasteiger partial charge in [0, 0.05) is 31.4 Å². The summed E-state index contributed by atoms with van der Waals surface area (Å²) in [5.74, 6) is 1.69. The van der Waals surface area contributed by atoms with Crippen molar-refractivity contribution in [3.8, 4) is 0 Å². The first-order valence-electron chi connectivity index (χ1n) is 9.58. The van der Waals surface area contributed by atoms with Crippen molar-refractivity contribution in [3.63, 3.8) is 0 Å². The van der Waals surface area contributed by atoms with Crippen molar-refractivity contribution in [2.45, 2.75) is 37.4 Å². The summed E-state index contributed by atoms with van der Waals surface area (Å²) in [4.78, 5) is 30.3. The third-order valence-electron chi connectivity index (χ3n) is 5.13. The fourth-order valence-electron chi connectivity index (χ4n) is 3.51. The molecule has 28 heavy (non-hydrogen) atoms. The monoisotopic (exact) mass is 516 g/mol. The number of thioether (sulfide) groups is 1. The van der Waals surface area contributed by atoms with E-state index in [2.05, 4.69) is 22.5 Å². The van der Waals surface area contributed by atoms with Crippen molar-refractivity contribution in [2.24, 2.45) is 4.99 Å². The van der Waals surface area contributed by atoms with Crippen molar-refractivity contribution in [1.29, 1.82) is 0 Å². The lowest BCUT2D eigenvalue weighted by atomic mass is 10.1. The molecule has 1 saturated heterocycles. The molecule has 6 nitrogen and oxygen atoms in total. The van der Waals surface area contributed by atoms with Gasteiger partial charge in [0.15, 0.2) is 5.96 Å². The van der Waals surface area contributed by atoms with E-state index in [1.54, 1.807) is 31.3 Å². The molecule has 0 aromatic heterocycles. The van der Waals surface area contributed by atoms with E-state index in [1.807, 2.05) is 11.8 Å². The fraction of sp³-hybridized carbons (Fsp3) is 0.550. The summed E-state index contributed by atoms with van der Waals surface area (Å²) in [6, 6.07) is 7.02. The average Bonchev–Trinajstić information content (AvgIpc) is 3.21. The molecule has 1 aromatic carbocycles. The Labute approximate surface area is 188 Å². The highest BCUT2D eigenvalue weighted by Gasteiger charge is 2.34. The molecule has 0 saturated carbocycles. The summed E-state index contributed by atoms with van der Waals surface area (Å²) in [7, 11) is 1.78. The summed E-state index contributed by atoms with van der Waals surface area (Å²) in [5.41, 5.74) is 1.03. The standard InChI is InChI=1S/C20H28N4O2S.HI/c1-20(10-7-13-27-20)14-23-19(21-2)22-11-5-6-12-24-17(25)15-8-3-4-9-16(15)18(24)26;/h3-4,8-9H,5-7,10-14H2,1-2H3,(H2,21,22,23);1H. The number of nitrogens with one attached hydrogen (secondary N) is 2. The van der Waals surface area contributed by atoms with Gasteiger partial charge in [-0.1, -0.05) is 12.1 Å². The molecule has 1 fully saturated rings. The molecule has 0 spiro atoms. The Balaban J connectivity index is 0.00000280. The summed E-state index contributed by atoms with van der Waals surface area (Å²) < 4.78 is 0.295. The minimum Gasteiger partial charge on any atom is -0.356 e. The van der Waals surface area contributed by atoms with E-state index >= 15 is 0 Å². The molecule has 1 unspecified atom stereocenters. The van der Waals surface area contributed by atoms with Crippen LogP contribution in [-0.2, 0) is 0 Å². The number of benzene rings is 1. The van der Waals surface area contributed by atoms with Crippen LogP contribution in [0.1, 0.15) is 53.3 Å². The normalized spacial score (nSPS) is 21.5. The van der Waals surface area contributed by atoms with Crippen LogP contribution in [-0.4, -0.2) is 59.9 Å². The number of rotatable bonds is 7. The molecule has 8 heteroatoms. The third kappa shape index (κ3) is 5.40. The number of hydrogen-bond donors (Lipinski definition) is 2. The predicted octanol–water partition coefficient (Wildman–Crippen LogP) is 3.13. The molecule has 2 aliphatic rings. The molecular formula is C20H29IN4O2S. The first kappa shape index (κ1) is 23.0. The Morgan fingerprint density at radius 3 is 2.43 bits per heavy atom. The van der Waals surface area contributed by atoms with Crippen LogP contribution in [0.5, 0.6) is 0 Å². The molecule has 3 rings (SSSR count). The van der Waals surface area contributed by atoms with E-state index in [9.17, 15) is 9.59 Å². The number of aliphatic imine (C=N–C) groups is 1. The molecule has 2 amide bonds. The minimum atomic E-state index is -0.177. The fourth-order valence-corrected chi connectivity index (χ4v) is 4.76. The maximum Gasteiger partial charge on any atom is 0.261 e. The van der Waals surface area contributed by atoms with Crippen LogP contribution >= 0.6 is 35.7 Å². The van der Waals surface area contributed by atoms with E-state index < -0.39 is 0 Å². The quantitative estimate of drug-likeness (QED) is 0.192. The SMILES string of the molecule is CN=C(NCCCCN1C(=O)c2ccccc2C1=O)NCC1(C)CCCS1.I. The summed E-state index contributed by atoms with van der Waals surface area (Å²) in [6.07, 6.45) is 4.15. The number of unbranched alkanes of at least 4 members (excludes halogenated alkanes) is 1.